The molecule has 2 amide bonds. The van der Waals surface area contributed by atoms with Gasteiger partial charge in [-0.15, -0.1) is 0 Å². The number of aliphatic hydroxyl groups is 1. The summed E-state index contributed by atoms with van der Waals surface area (Å²) >= 11 is 0. The number of nitrogens with one attached hydrogen (secondary N) is 2. The van der Waals surface area contributed by atoms with Gasteiger partial charge in [0.05, 0.1) is 30.4 Å². The zero-order valence-corrected chi connectivity index (χ0v) is 22.0. The molecule has 2 saturated heterocycles. The Morgan fingerprint density at radius 1 is 1.16 bits per heavy atom. The van der Waals surface area contributed by atoms with E-state index in [1.165, 1.54) is 6.33 Å². The highest BCUT2D eigenvalue weighted by molar-refractivity contribution is 5.97. The number of ether oxygens (including phenoxy) is 2. The van der Waals surface area contributed by atoms with Crippen LogP contribution in [0, 0.1) is 0 Å². The quantitative estimate of drug-likeness (QED) is 0.556. The fourth-order valence-corrected chi connectivity index (χ4v) is 5.53. The molecule has 10 nitrogen and oxygen atoms in total. The molecule has 3 aliphatic heterocycles. The first kappa shape index (κ1) is 26.5. The molecule has 3 N–H and O–H groups in total. The van der Waals surface area contributed by atoms with Crippen molar-refractivity contribution in [2.75, 3.05) is 19.7 Å². The SMILES string of the molecule is CC(C)c1ccc2c(c1)OCC[C@@H]1CC[C@H](O)[C@@H](CNC(=O)[C@@H]3C[C@@H](CN3Cc3cncnc3)NC2=O)O1. The molecule has 10 heteroatoms. The van der Waals surface area contributed by atoms with Crippen LogP contribution in [0.15, 0.2) is 36.9 Å². The van der Waals surface area contributed by atoms with Gasteiger partial charge < -0.3 is 25.2 Å². The summed E-state index contributed by atoms with van der Waals surface area (Å²) in [5.74, 6) is 0.488. The fraction of sp³-hybridized carbons (Fsp3) is 0.571. The molecule has 0 unspecified atom stereocenters. The zero-order chi connectivity index (χ0) is 26.6. The Labute approximate surface area is 223 Å². The summed E-state index contributed by atoms with van der Waals surface area (Å²) in [5.41, 5.74) is 2.46. The molecule has 0 spiro atoms. The van der Waals surface area contributed by atoms with Crippen LogP contribution in [0.2, 0.25) is 0 Å². The number of likely N-dealkylation sites (tertiary alicyclic amines) is 1. The lowest BCUT2D eigenvalue weighted by Gasteiger charge is -2.34. The molecular weight excluding hydrogens is 486 g/mol. The van der Waals surface area contributed by atoms with Gasteiger partial charge in [-0.2, -0.15) is 0 Å². The van der Waals surface area contributed by atoms with Gasteiger partial charge in [-0.3, -0.25) is 14.5 Å². The minimum atomic E-state index is -0.631. The second-order valence-corrected chi connectivity index (χ2v) is 10.8. The van der Waals surface area contributed by atoms with E-state index in [2.05, 4.69) is 34.4 Å². The van der Waals surface area contributed by atoms with Crippen LogP contribution in [0.3, 0.4) is 0 Å². The number of aromatic nitrogens is 2. The summed E-state index contributed by atoms with van der Waals surface area (Å²) in [6.07, 6.45) is 6.14. The normalized spacial score (nSPS) is 28.8. The molecular formula is C28H37N5O5. The first-order valence-corrected chi connectivity index (χ1v) is 13.5. The van der Waals surface area contributed by atoms with E-state index in [0.717, 1.165) is 11.1 Å². The first-order chi connectivity index (χ1) is 18.4. The lowest BCUT2D eigenvalue weighted by Crippen LogP contribution is -2.50. The molecule has 5 atom stereocenters. The van der Waals surface area contributed by atoms with Gasteiger partial charge in [0.2, 0.25) is 5.91 Å². The van der Waals surface area contributed by atoms with E-state index >= 15 is 0 Å². The van der Waals surface area contributed by atoms with Crippen LogP contribution in [0.25, 0.3) is 0 Å². The number of nitrogens with zero attached hydrogens (tertiary/aromatic N) is 3. The molecule has 0 saturated carbocycles. The van der Waals surface area contributed by atoms with Gasteiger partial charge in [-0.25, -0.2) is 9.97 Å². The Morgan fingerprint density at radius 2 is 1.97 bits per heavy atom. The molecule has 0 radical (unpaired) electrons. The third-order valence-electron chi connectivity index (χ3n) is 7.71. The third kappa shape index (κ3) is 6.14. The van der Waals surface area contributed by atoms with Crippen molar-refractivity contribution in [3.63, 3.8) is 0 Å². The largest absolute Gasteiger partial charge is 0.493 e. The maximum atomic E-state index is 13.4. The number of carbonyl (C=O) groups excluding carboxylic acids is 2. The minimum Gasteiger partial charge on any atom is -0.493 e. The molecule has 4 bridgehead atoms. The number of hydrogen-bond acceptors (Lipinski definition) is 8. The Bertz CT molecular complexity index is 1130. The number of carbonyl (C=O) groups is 2. The number of rotatable bonds is 3. The summed E-state index contributed by atoms with van der Waals surface area (Å²) < 4.78 is 12.3. The number of aliphatic hydroxyl groups excluding tert-OH is 1. The Morgan fingerprint density at radius 3 is 2.76 bits per heavy atom. The van der Waals surface area contributed by atoms with Crippen molar-refractivity contribution >= 4 is 11.8 Å². The highest BCUT2D eigenvalue weighted by Crippen LogP contribution is 2.28. The molecule has 1 aromatic heterocycles. The molecule has 38 heavy (non-hydrogen) atoms. The number of fused-ring (bicyclic) bond motifs is 5. The second-order valence-electron chi connectivity index (χ2n) is 10.8. The lowest BCUT2D eigenvalue weighted by atomic mass is 9.99. The van der Waals surface area contributed by atoms with Gasteiger partial charge in [0.25, 0.3) is 5.91 Å². The summed E-state index contributed by atoms with van der Waals surface area (Å²) in [6.45, 7) is 5.81. The van der Waals surface area contributed by atoms with E-state index in [1.807, 2.05) is 23.1 Å². The smallest absolute Gasteiger partial charge is 0.255 e. The van der Waals surface area contributed by atoms with Crippen LogP contribution in [-0.4, -0.2) is 81.9 Å². The number of benzene rings is 1. The van der Waals surface area contributed by atoms with Gasteiger partial charge in [-0.05, 0) is 42.9 Å². The lowest BCUT2D eigenvalue weighted by molar-refractivity contribution is -0.133. The highest BCUT2D eigenvalue weighted by atomic mass is 16.5. The van der Waals surface area contributed by atoms with Crippen LogP contribution < -0.4 is 15.4 Å². The number of hydrogen-bond donors (Lipinski definition) is 3. The maximum absolute atomic E-state index is 13.4. The van der Waals surface area contributed by atoms with E-state index in [9.17, 15) is 14.7 Å². The summed E-state index contributed by atoms with van der Waals surface area (Å²) in [4.78, 5) is 37.0. The van der Waals surface area contributed by atoms with Gasteiger partial charge in [0.1, 0.15) is 18.2 Å². The second kappa shape index (κ2) is 11.8. The Hall–Kier alpha value is -3.08. The standard InChI is InChI=1S/C28H37N5O5/c1-17(2)19-3-5-22-25(9-19)37-8-7-21-4-6-24(34)26(38-21)13-31-28(36)23-10-20(32-27(22)35)15-33(23)14-18-11-29-16-30-12-18/h3,5,9,11-12,16-17,20-21,23-24,26,34H,4,6-8,10,13-15H2,1-2H3,(H,31,36)(H,32,35)/t20-,21-,23-,24-,26+/m0/s1. The van der Waals surface area contributed by atoms with Crippen LogP contribution in [-0.2, 0) is 16.1 Å². The third-order valence-corrected chi connectivity index (χ3v) is 7.71. The zero-order valence-electron chi connectivity index (χ0n) is 22.0. The van der Waals surface area contributed by atoms with Crippen LogP contribution >= 0.6 is 0 Å². The van der Waals surface area contributed by atoms with E-state index in [1.54, 1.807) is 12.4 Å². The monoisotopic (exact) mass is 523 g/mol. The fourth-order valence-electron chi connectivity index (χ4n) is 5.53. The molecule has 2 fully saturated rings. The van der Waals surface area contributed by atoms with E-state index in [4.69, 9.17) is 9.47 Å². The van der Waals surface area contributed by atoms with Crippen LogP contribution in [0.4, 0.5) is 0 Å². The average Bonchev–Trinajstić information content (AvgIpc) is 3.30. The van der Waals surface area contributed by atoms with Crippen molar-refractivity contribution in [1.82, 2.24) is 25.5 Å². The van der Waals surface area contributed by atoms with Crippen LogP contribution in [0.1, 0.15) is 66.9 Å². The molecule has 0 aliphatic carbocycles. The van der Waals surface area contributed by atoms with Crippen molar-refractivity contribution in [3.05, 3.63) is 53.6 Å². The van der Waals surface area contributed by atoms with E-state index in [0.29, 0.717) is 62.6 Å². The van der Waals surface area contributed by atoms with Crippen molar-refractivity contribution in [2.24, 2.45) is 0 Å². The predicted octanol–water partition coefficient (Wildman–Crippen LogP) is 1.78. The molecule has 1 aromatic carbocycles. The average molecular weight is 524 g/mol. The summed E-state index contributed by atoms with van der Waals surface area (Å²) in [6, 6.07) is 5.06. The number of amides is 2. The van der Waals surface area contributed by atoms with Crippen molar-refractivity contribution in [3.8, 4) is 5.75 Å². The van der Waals surface area contributed by atoms with E-state index < -0.39 is 18.2 Å². The molecule has 4 heterocycles. The summed E-state index contributed by atoms with van der Waals surface area (Å²) in [7, 11) is 0. The van der Waals surface area contributed by atoms with Crippen molar-refractivity contribution in [2.45, 2.75) is 82.4 Å². The molecule has 2 aromatic rings. The van der Waals surface area contributed by atoms with Crippen molar-refractivity contribution < 1.29 is 24.2 Å². The first-order valence-electron chi connectivity index (χ1n) is 13.5. The predicted molar refractivity (Wildman–Crippen MR) is 140 cm³/mol. The topological polar surface area (TPSA) is 126 Å². The maximum Gasteiger partial charge on any atom is 0.255 e. The van der Waals surface area contributed by atoms with E-state index in [-0.39, 0.29) is 30.5 Å². The minimum absolute atomic E-state index is 0.0933. The van der Waals surface area contributed by atoms with Gasteiger partial charge in [0, 0.05) is 50.1 Å². The molecule has 3 aliphatic rings. The summed E-state index contributed by atoms with van der Waals surface area (Å²) in [5, 5.41) is 16.7. The van der Waals surface area contributed by atoms with Gasteiger partial charge in [-0.1, -0.05) is 19.9 Å². The van der Waals surface area contributed by atoms with Crippen LogP contribution in [0.5, 0.6) is 5.75 Å². The van der Waals surface area contributed by atoms with Crippen molar-refractivity contribution in [1.29, 1.82) is 0 Å². The van der Waals surface area contributed by atoms with Gasteiger partial charge in [0.15, 0.2) is 0 Å². The van der Waals surface area contributed by atoms with Gasteiger partial charge >= 0.3 is 0 Å². The Balaban J connectivity index is 1.42. The molecule has 204 valence electrons. The highest BCUT2D eigenvalue weighted by Gasteiger charge is 2.39. The Kier molecular flexibility index (Phi) is 8.21. The molecule has 5 rings (SSSR count).